The van der Waals surface area contributed by atoms with Gasteiger partial charge in [-0.2, -0.15) is 0 Å². The van der Waals surface area contributed by atoms with Crippen LogP contribution in [0.25, 0.3) is 72.8 Å². The van der Waals surface area contributed by atoms with Crippen LogP contribution in [-0.2, 0) is 30.2 Å². The summed E-state index contributed by atoms with van der Waals surface area (Å²) < 4.78 is 21.0. The van der Waals surface area contributed by atoms with Gasteiger partial charge in [-0.15, -0.1) is 0 Å². The minimum Gasteiger partial charge on any atom is -0.493 e. The summed E-state index contributed by atoms with van der Waals surface area (Å²) in [5.41, 5.74) is 13.6. The number of allylic oxidation sites excluding steroid dienone is 3. The maximum atomic E-state index is 6.79. The molecule has 0 radical (unpaired) electrons. The minimum absolute atomic E-state index is 0.00494. The van der Waals surface area contributed by atoms with Crippen molar-refractivity contribution in [3.8, 4) is 45.3 Å². The number of para-hydroxylation sites is 2. The molecule has 0 fully saturated rings. The Morgan fingerprint density at radius 3 is 2.08 bits per heavy atom. The predicted octanol–water partition coefficient (Wildman–Crippen LogP) is 14.6. The summed E-state index contributed by atoms with van der Waals surface area (Å²) in [5.74, 6) is 3.13. The maximum absolute atomic E-state index is 6.79. The van der Waals surface area contributed by atoms with Gasteiger partial charge in [0, 0.05) is 11.8 Å². The van der Waals surface area contributed by atoms with E-state index in [2.05, 4.69) is 221 Å². The van der Waals surface area contributed by atoms with Crippen molar-refractivity contribution < 1.29 is 28.8 Å². The molecular formula is C58H52N4O2Pt. The first-order valence-electron chi connectivity index (χ1n) is 22.2. The van der Waals surface area contributed by atoms with Gasteiger partial charge >= 0.3 is 321 Å². The molecule has 326 valence electrons. The molecular weight excluding hydrogens is 980 g/mol. The van der Waals surface area contributed by atoms with Crippen LogP contribution in [0.5, 0.6) is 11.5 Å². The fraction of sp³-hybridized carbons (Fsp3) is 0.172. The number of hydrogen-bond acceptors (Lipinski definition) is 3. The summed E-state index contributed by atoms with van der Waals surface area (Å²) >= 11 is 2.48. The van der Waals surface area contributed by atoms with Gasteiger partial charge in [-0.25, -0.2) is 0 Å². The van der Waals surface area contributed by atoms with Gasteiger partial charge < -0.3 is 4.74 Å². The minimum atomic E-state index is -0.0711. The summed E-state index contributed by atoms with van der Waals surface area (Å²) in [6.07, 6.45) is 10.6. The number of benzene rings is 6. The molecule has 10 rings (SSSR count). The molecule has 0 saturated heterocycles. The van der Waals surface area contributed by atoms with E-state index in [-0.39, 0.29) is 10.8 Å². The van der Waals surface area contributed by atoms with Crippen LogP contribution in [0.15, 0.2) is 176 Å². The van der Waals surface area contributed by atoms with Crippen molar-refractivity contribution in [3.05, 3.63) is 197 Å². The van der Waals surface area contributed by atoms with E-state index in [0.717, 1.165) is 77.0 Å². The van der Waals surface area contributed by atoms with Gasteiger partial charge in [0.25, 0.3) is 0 Å². The van der Waals surface area contributed by atoms with E-state index in [1.165, 1.54) is 22.3 Å². The number of hydrogen-bond donors (Lipinski definition) is 0. The van der Waals surface area contributed by atoms with Crippen LogP contribution in [0, 0.1) is 10.7 Å². The maximum Gasteiger partial charge on any atom is 0.0890 e. The smallest absolute Gasteiger partial charge is 0.0890 e. The Balaban J connectivity index is 1.11. The summed E-state index contributed by atoms with van der Waals surface area (Å²) in [5, 5.41) is 2.29. The molecule has 4 heterocycles. The third-order valence-electron chi connectivity index (χ3n) is 12.7. The van der Waals surface area contributed by atoms with E-state index in [1.54, 1.807) is 6.08 Å². The Morgan fingerprint density at radius 1 is 0.754 bits per heavy atom. The quantitative estimate of drug-likeness (QED) is 0.107. The summed E-state index contributed by atoms with van der Waals surface area (Å²) in [6.45, 7) is 18.3. The zero-order chi connectivity index (χ0) is 45.0. The molecule has 0 amide bonds. The molecule has 7 heteroatoms. The second-order valence-electron chi connectivity index (χ2n) is 18.6. The molecule has 6 nitrogen and oxygen atoms in total. The number of aromatic nitrogens is 4. The fourth-order valence-electron chi connectivity index (χ4n) is 9.18. The van der Waals surface area contributed by atoms with Crippen LogP contribution in [-0.4, -0.2) is 25.3 Å². The van der Waals surface area contributed by atoms with E-state index in [9.17, 15) is 0 Å². The Morgan fingerprint density at radius 2 is 1.42 bits per heavy atom. The van der Waals surface area contributed by atoms with Gasteiger partial charge in [0.15, 0.2) is 0 Å². The molecule has 3 aromatic heterocycles. The Bertz CT molecular complexity index is 3370. The van der Waals surface area contributed by atoms with Gasteiger partial charge in [0.05, 0.1) is 6.61 Å². The standard InChI is InChI=1S/C58H52N4O2.Pt/c1-8-17-43(64-44-24-25-45-48-36-49-54(63-31-28-58(49,6)7)37-53(48)62(52(45)35-44)55-32-39(2)26-29-59-55)27-30-60-38-61(51-23-16-15-22-50(51)60)56-46(40-18-11-9-12-19-40)33-42(57(3,4)5)34-47(56)41-20-13-10-14-21-41;/h8-27,29-30,32-37H,1,28,31H2,2-7H3;/b30-27?,43-17+;. The van der Waals surface area contributed by atoms with E-state index >= 15 is 0 Å². The number of fused-ring (bicyclic) bond motifs is 5. The number of rotatable bonds is 9. The molecule has 1 aliphatic rings. The second kappa shape index (κ2) is 16.7. The number of aryl methyl sites for hydroxylation is 1. The predicted molar refractivity (Wildman–Crippen MR) is 265 cm³/mol. The summed E-state index contributed by atoms with van der Waals surface area (Å²) in [7, 11) is 0. The zero-order valence-electron chi connectivity index (χ0n) is 37.7. The van der Waals surface area contributed by atoms with E-state index in [4.69, 9.17) is 14.5 Å². The van der Waals surface area contributed by atoms with Gasteiger partial charge in [-0.3, -0.25) is 0 Å². The first-order chi connectivity index (χ1) is 31.4. The fourth-order valence-corrected chi connectivity index (χ4v) is 10.1. The molecule has 0 saturated carbocycles. The normalized spacial score (nSPS) is 14.0. The number of ether oxygens (including phenoxy) is 2. The zero-order valence-corrected chi connectivity index (χ0v) is 40.0. The number of nitrogens with zero attached hydrogens (tertiary/aromatic N) is 4. The molecule has 65 heavy (non-hydrogen) atoms. The van der Waals surface area contributed by atoms with Crippen LogP contribution >= 0.6 is 0 Å². The van der Waals surface area contributed by atoms with E-state index < -0.39 is 0 Å². The SMILES string of the molecule is C=C/C=C(\C=Cn1[c](=[Pt])n(-c2c(-c3ccccc3)cc(C(C)(C)C)cc2-c2ccccc2)c2ccccc21)Oc1ccc2c3cc4c(cc3n(-c3cc(C)ccn3)c2c1)OCCC4(C)C. The molecule has 0 atom stereocenters. The molecule has 6 aromatic carbocycles. The topological polar surface area (TPSA) is 46.1 Å². The molecule has 0 unspecified atom stereocenters. The van der Waals surface area contributed by atoms with Gasteiger partial charge in [0.1, 0.15) is 5.75 Å². The van der Waals surface area contributed by atoms with Crippen molar-refractivity contribution in [1.82, 2.24) is 18.7 Å². The molecule has 0 aliphatic carbocycles. The molecule has 9 aromatic rings. The average molecular weight is 1030 g/mol. The van der Waals surface area contributed by atoms with Crippen LogP contribution in [0.2, 0.25) is 0 Å². The van der Waals surface area contributed by atoms with Crippen molar-refractivity contribution >= 4 is 39.0 Å². The third kappa shape index (κ3) is 7.74. The Hall–Kier alpha value is -6.75. The first-order valence-corrected chi connectivity index (χ1v) is 23.4. The number of imidazole rings is 1. The summed E-state index contributed by atoms with van der Waals surface area (Å²) in [4.78, 5) is 4.86. The summed E-state index contributed by atoms with van der Waals surface area (Å²) in [6, 6.07) is 49.9. The first kappa shape index (κ1) is 42.2. The molecule has 0 spiro atoms. The van der Waals surface area contributed by atoms with Crippen molar-refractivity contribution in [3.63, 3.8) is 0 Å². The van der Waals surface area contributed by atoms with Crippen molar-refractivity contribution in [1.29, 1.82) is 0 Å². The molecule has 1 aliphatic heterocycles. The Labute approximate surface area is 391 Å². The van der Waals surface area contributed by atoms with E-state index in [0.29, 0.717) is 18.1 Å². The van der Waals surface area contributed by atoms with Crippen molar-refractivity contribution in [2.45, 2.75) is 58.8 Å². The van der Waals surface area contributed by atoms with Gasteiger partial charge in [-0.1, -0.05) is 13.8 Å². The van der Waals surface area contributed by atoms with Crippen LogP contribution in [0.3, 0.4) is 0 Å². The van der Waals surface area contributed by atoms with Gasteiger partial charge in [-0.05, 0) is 30.4 Å². The van der Waals surface area contributed by atoms with E-state index in [1.807, 2.05) is 24.4 Å². The second-order valence-corrected chi connectivity index (χ2v) is 19.6. The van der Waals surface area contributed by atoms with Crippen molar-refractivity contribution in [2.75, 3.05) is 6.61 Å². The number of pyridine rings is 1. The molecule has 0 N–H and O–H groups in total. The van der Waals surface area contributed by atoms with Gasteiger partial charge in [0.2, 0.25) is 0 Å². The van der Waals surface area contributed by atoms with Crippen molar-refractivity contribution in [2.24, 2.45) is 0 Å². The van der Waals surface area contributed by atoms with Crippen LogP contribution in [0.1, 0.15) is 57.7 Å². The molecule has 0 bridgehead atoms. The monoisotopic (exact) mass is 1030 g/mol. The Kier molecular flexibility index (Phi) is 10.8. The third-order valence-corrected chi connectivity index (χ3v) is 13.8. The van der Waals surface area contributed by atoms with Crippen LogP contribution in [0.4, 0.5) is 0 Å². The average Bonchev–Trinajstić information content (AvgIpc) is 3.76. The largest absolute Gasteiger partial charge is 0.493 e. The van der Waals surface area contributed by atoms with Crippen LogP contribution < -0.4 is 9.47 Å².